The Balaban J connectivity index is 2.29. The molecule has 2 rings (SSSR count). The summed E-state index contributed by atoms with van der Waals surface area (Å²) in [5, 5.41) is 3.60. The number of nitrogens with one attached hydrogen (secondary N) is 1. The van der Waals surface area contributed by atoms with Gasteiger partial charge in [0.15, 0.2) is 0 Å². The average molecular weight is 282 g/mol. The molecule has 0 amide bonds. The summed E-state index contributed by atoms with van der Waals surface area (Å²) in [4.78, 5) is 4.52. The molecule has 1 aromatic heterocycles. The molecule has 0 aliphatic carbocycles. The number of benzene rings is 1. The molecule has 1 atom stereocenters. The third-order valence-electron chi connectivity index (χ3n) is 3.69. The summed E-state index contributed by atoms with van der Waals surface area (Å²) in [6, 6.07) is 15.2. The Kier molecular flexibility index (Phi) is 5.13. The van der Waals surface area contributed by atoms with Gasteiger partial charge in [-0.15, -0.1) is 0 Å². The Morgan fingerprint density at radius 2 is 1.76 bits per heavy atom. The third-order valence-corrected chi connectivity index (χ3v) is 3.69. The molecule has 0 radical (unpaired) electrons. The molecule has 1 unspecified atom stereocenters. The minimum atomic E-state index is 0.167. The zero-order chi connectivity index (χ0) is 15.3. The van der Waals surface area contributed by atoms with Gasteiger partial charge in [0, 0.05) is 6.20 Å². The summed E-state index contributed by atoms with van der Waals surface area (Å²) in [5.74, 6) is 0. The fraction of sp³-hybridized carbons (Fsp3) is 0.421. The molecule has 0 spiro atoms. The van der Waals surface area contributed by atoms with Crippen LogP contribution < -0.4 is 5.32 Å². The lowest BCUT2D eigenvalue weighted by Gasteiger charge is -2.22. The largest absolute Gasteiger partial charge is 0.305 e. The molecule has 1 heterocycles. The van der Waals surface area contributed by atoms with Gasteiger partial charge in [-0.3, -0.25) is 4.98 Å². The van der Waals surface area contributed by atoms with Crippen molar-refractivity contribution in [1.29, 1.82) is 0 Å². The first-order chi connectivity index (χ1) is 10.0. The first-order valence-corrected chi connectivity index (χ1v) is 7.77. The maximum absolute atomic E-state index is 4.52. The molecular weight excluding hydrogens is 256 g/mol. The molecular formula is C19H26N2. The molecule has 0 aliphatic rings. The fourth-order valence-electron chi connectivity index (χ4n) is 2.40. The van der Waals surface area contributed by atoms with Gasteiger partial charge in [0.1, 0.15) is 0 Å². The summed E-state index contributed by atoms with van der Waals surface area (Å²) < 4.78 is 0. The smallest absolute Gasteiger partial charge is 0.0751 e. The van der Waals surface area contributed by atoms with Crippen molar-refractivity contribution in [2.45, 2.75) is 45.6 Å². The van der Waals surface area contributed by atoms with E-state index in [1.165, 1.54) is 11.1 Å². The highest BCUT2D eigenvalue weighted by atomic mass is 14.9. The van der Waals surface area contributed by atoms with E-state index in [9.17, 15) is 0 Å². The minimum Gasteiger partial charge on any atom is -0.305 e. The van der Waals surface area contributed by atoms with Gasteiger partial charge in [-0.05, 0) is 41.6 Å². The zero-order valence-corrected chi connectivity index (χ0v) is 13.6. The Morgan fingerprint density at radius 1 is 1.05 bits per heavy atom. The van der Waals surface area contributed by atoms with Gasteiger partial charge in [-0.1, -0.05) is 58.0 Å². The van der Waals surface area contributed by atoms with Crippen molar-refractivity contribution in [2.75, 3.05) is 6.54 Å². The van der Waals surface area contributed by atoms with Crippen molar-refractivity contribution in [1.82, 2.24) is 10.3 Å². The van der Waals surface area contributed by atoms with Gasteiger partial charge < -0.3 is 5.32 Å². The Labute approximate surface area is 128 Å². The van der Waals surface area contributed by atoms with Crippen molar-refractivity contribution in [3.05, 3.63) is 65.5 Å². The molecule has 112 valence electrons. The average Bonchev–Trinajstić information content (AvgIpc) is 2.48. The van der Waals surface area contributed by atoms with E-state index in [-0.39, 0.29) is 11.5 Å². The molecule has 0 saturated heterocycles. The molecule has 2 aromatic rings. The topological polar surface area (TPSA) is 24.9 Å². The summed E-state index contributed by atoms with van der Waals surface area (Å²) in [6.45, 7) is 9.90. The molecule has 0 bridgehead atoms. The molecule has 0 fully saturated rings. The van der Waals surface area contributed by atoms with Crippen molar-refractivity contribution >= 4 is 0 Å². The van der Waals surface area contributed by atoms with Crippen molar-refractivity contribution < 1.29 is 0 Å². The van der Waals surface area contributed by atoms with Crippen LogP contribution in [0, 0.1) is 0 Å². The summed E-state index contributed by atoms with van der Waals surface area (Å²) in [7, 11) is 0. The van der Waals surface area contributed by atoms with Gasteiger partial charge in [0.2, 0.25) is 0 Å². The van der Waals surface area contributed by atoms with Crippen LogP contribution in [0.1, 0.15) is 57.0 Å². The standard InChI is InChI=1S/C19H26N2/c1-5-13-21-18(17-8-6-7-14-20-17)15-9-11-16(12-10-15)19(2,3)4/h6-12,14,18,21H,5,13H2,1-4H3. The van der Waals surface area contributed by atoms with E-state index in [2.05, 4.69) is 68.3 Å². The predicted octanol–water partition coefficient (Wildman–Crippen LogP) is 4.47. The second kappa shape index (κ2) is 6.86. The highest BCUT2D eigenvalue weighted by Crippen LogP contribution is 2.26. The maximum atomic E-state index is 4.52. The maximum Gasteiger partial charge on any atom is 0.0751 e. The van der Waals surface area contributed by atoms with Crippen molar-refractivity contribution in [3.8, 4) is 0 Å². The van der Waals surface area contributed by atoms with Crippen molar-refractivity contribution in [3.63, 3.8) is 0 Å². The molecule has 0 aliphatic heterocycles. The number of hydrogen-bond acceptors (Lipinski definition) is 2. The lowest BCUT2D eigenvalue weighted by atomic mass is 9.86. The second-order valence-corrected chi connectivity index (χ2v) is 6.51. The summed E-state index contributed by atoms with van der Waals surface area (Å²) >= 11 is 0. The van der Waals surface area contributed by atoms with Gasteiger partial charge >= 0.3 is 0 Å². The monoisotopic (exact) mass is 282 g/mol. The van der Waals surface area contributed by atoms with Crippen LogP contribution in [0.3, 0.4) is 0 Å². The number of pyridine rings is 1. The second-order valence-electron chi connectivity index (χ2n) is 6.51. The minimum absolute atomic E-state index is 0.167. The molecule has 2 heteroatoms. The quantitative estimate of drug-likeness (QED) is 0.875. The molecule has 2 nitrogen and oxygen atoms in total. The van der Waals surface area contributed by atoms with Crippen LogP contribution in [0.5, 0.6) is 0 Å². The molecule has 21 heavy (non-hydrogen) atoms. The number of rotatable bonds is 5. The van der Waals surface area contributed by atoms with Gasteiger partial charge in [0.05, 0.1) is 11.7 Å². The SMILES string of the molecule is CCCNC(c1ccc(C(C)(C)C)cc1)c1ccccn1. The predicted molar refractivity (Wildman–Crippen MR) is 89.5 cm³/mol. The van der Waals surface area contributed by atoms with E-state index in [0.717, 1.165) is 18.7 Å². The van der Waals surface area contributed by atoms with Crippen LogP contribution in [-0.2, 0) is 5.41 Å². The van der Waals surface area contributed by atoms with Crippen LogP contribution in [0.4, 0.5) is 0 Å². The lowest BCUT2D eigenvalue weighted by Crippen LogP contribution is -2.24. The number of hydrogen-bond donors (Lipinski definition) is 1. The first-order valence-electron chi connectivity index (χ1n) is 7.77. The third kappa shape index (κ3) is 4.15. The molecule has 0 saturated carbocycles. The number of aromatic nitrogens is 1. The van der Waals surface area contributed by atoms with E-state index >= 15 is 0 Å². The highest BCUT2D eigenvalue weighted by molar-refractivity contribution is 5.33. The van der Waals surface area contributed by atoms with E-state index in [1.54, 1.807) is 0 Å². The lowest BCUT2D eigenvalue weighted by molar-refractivity contribution is 0.578. The van der Waals surface area contributed by atoms with Crippen molar-refractivity contribution in [2.24, 2.45) is 0 Å². The van der Waals surface area contributed by atoms with Gasteiger partial charge in [-0.25, -0.2) is 0 Å². The van der Waals surface area contributed by atoms with E-state index in [1.807, 2.05) is 18.3 Å². The normalized spacial score (nSPS) is 13.1. The van der Waals surface area contributed by atoms with E-state index < -0.39 is 0 Å². The Bertz CT molecular complexity index is 538. The van der Waals surface area contributed by atoms with Crippen LogP contribution >= 0.6 is 0 Å². The van der Waals surface area contributed by atoms with Crippen LogP contribution in [0.15, 0.2) is 48.7 Å². The Hall–Kier alpha value is -1.67. The summed E-state index contributed by atoms with van der Waals surface area (Å²) in [5.41, 5.74) is 3.90. The van der Waals surface area contributed by atoms with Crippen LogP contribution in [-0.4, -0.2) is 11.5 Å². The van der Waals surface area contributed by atoms with E-state index in [4.69, 9.17) is 0 Å². The zero-order valence-electron chi connectivity index (χ0n) is 13.6. The highest BCUT2D eigenvalue weighted by Gasteiger charge is 2.17. The number of nitrogens with zero attached hydrogens (tertiary/aromatic N) is 1. The molecule has 1 N–H and O–H groups in total. The molecule has 1 aromatic carbocycles. The summed E-state index contributed by atoms with van der Waals surface area (Å²) in [6.07, 6.45) is 2.98. The van der Waals surface area contributed by atoms with Gasteiger partial charge in [0.25, 0.3) is 0 Å². The first kappa shape index (κ1) is 15.7. The van der Waals surface area contributed by atoms with E-state index in [0.29, 0.717) is 0 Å². The fourth-order valence-corrected chi connectivity index (χ4v) is 2.40. The Morgan fingerprint density at radius 3 is 2.29 bits per heavy atom. The van der Waals surface area contributed by atoms with Gasteiger partial charge in [-0.2, -0.15) is 0 Å². The van der Waals surface area contributed by atoms with Crippen LogP contribution in [0.2, 0.25) is 0 Å². The van der Waals surface area contributed by atoms with Crippen LogP contribution in [0.25, 0.3) is 0 Å².